The van der Waals surface area contributed by atoms with Crippen LogP contribution in [-0.4, -0.2) is 21.9 Å². The van der Waals surface area contributed by atoms with Crippen molar-refractivity contribution >= 4 is 0 Å². The smallest absolute Gasteiger partial charge is 0.362 e. The third kappa shape index (κ3) is 2.43. The second kappa shape index (κ2) is 5.24. The molecule has 0 saturated carbocycles. The molecule has 0 spiro atoms. The van der Waals surface area contributed by atoms with Gasteiger partial charge in [0.2, 0.25) is 0 Å². The van der Waals surface area contributed by atoms with E-state index in [0.717, 1.165) is 5.69 Å². The van der Waals surface area contributed by atoms with E-state index in [-0.39, 0.29) is 5.75 Å². The van der Waals surface area contributed by atoms with Crippen LogP contribution in [0.5, 0.6) is 5.75 Å². The maximum Gasteiger partial charge on any atom is 0.362 e. The van der Waals surface area contributed by atoms with Crippen molar-refractivity contribution in [1.82, 2.24) is 14.8 Å². The number of benzene rings is 2. The maximum atomic E-state index is 13.8. The van der Waals surface area contributed by atoms with Crippen LogP contribution in [0.3, 0.4) is 0 Å². The van der Waals surface area contributed by atoms with Gasteiger partial charge in [0.05, 0.1) is 12.8 Å². The molecular formula is C15H12FN3O2. The van der Waals surface area contributed by atoms with Gasteiger partial charge in [0.1, 0.15) is 0 Å². The predicted octanol–water partition coefficient (Wildman–Crippen LogP) is 2.38. The van der Waals surface area contributed by atoms with Gasteiger partial charge in [-0.1, -0.05) is 18.2 Å². The fourth-order valence-electron chi connectivity index (χ4n) is 2.08. The minimum atomic E-state index is -0.509. The highest BCUT2D eigenvalue weighted by atomic mass is 19.1. The Morgan fingerprint density at radius 3 is 2.62 bits per heavy atom. The second-order valence-electron chi connectivity index (χ2n) is 4.37. The standard InChI is InChI=1S/C15H12FN3O2/c1-21-13-8-7-10(9-12(13)16)14-17-15(20)18-19(14)11-5-3-2-4-6-11/h2-9H,1H3,(H,18,20). The van der Waals surface area contributed by atoms with Crippen molar-refractivity contribution in [2.45, 2.75) is 0 Å². The lowest BCUT2D eigenvalue weighted by Gasteiger charge is -2.08. The summed E-state index contributed by atoms with van der Waals surface area (Å²) in [7, 11) is 1.40. The summed E-state index contributed by atoms with van der Waals surface area (Å²) in [5, 5.41) is 2.60. The molecule has 0 radical (unpaired) electrons. The summed E-state index contributed by atoms with van der Waals surface area (Å²) < 4.78 is 20.2. The predicted molar refractivity (Wildman–Crippen MR) is 76.1 cm³/mol. The number of ether oxygens (including phenoxy) is 1. The van der Waals surface area contributed by atoms with Gasteiger partial charge in [0.25, 0.3) is 0 Å². The molecular weight excluding hydrogens is 273 g/mol. The van der Waals surface area contributed by atoms with E-state index >= 15 is 0 Å². The molecule has 0 atom stereocenters. The minimum absolute atomic E-state index is 0.142. The van der Waals surface area contributed by atoms with E-state index in [1.807, 2.05) is 30.3 Å². The summed E-state index contributed by atoms with van der Waals surface area (Å²) in [6.45, 7) is 0. The fraction of sp³-hybridized carbons (Fsp3) is 0.0667. The topological polar surface area (TPSA) is 59.9 Å². The average Bonchev–Trinajstić information content (AvgIpc) is 2.90. The molecule has 0 aliphatic heterocycles. The summed E-state index contributed by atoms with van der Waals surface area (Å²) in [6, 6.07) is 13.6. The zero-order chi connectivity index (χ0) is 14.8. The summed E-state index contributed by atoms with van der Waals surface area (Å²) in [4.78, 5) is 15.5. The van der Waals surface area contributed by atoms with Gasteiger partial charge in [-0.05, 0) is 30.3 Å². The summed E-state index contributed by atoms with van der Waals surface area (Å²) >= 11 is 0. The van der Waals surface area contributed by atoms with Crippen molar-refractivity contribution in [1.29, 1.82) is 0 Å². The van der Waals surface area contributed by atoms with E-state index in [4.69, 9.17) is 4.74 Å². The Morgan fingerprint density at radius 2 is 1.95 bits per heavy atom. The first kappa shape index (κ1) is 13.1. The lowest BCUT2D eigenvalue weighted by molar-refractivity contribution is 0.386. The Bertz CT molecular complexity index is 824. The van der Waals surface area contributed by atoms with Gasteiger partial charge in [-0.15, -0.1) is 0 Å². The van der Waals surface area contributed by atoms with Gasteiger partial charge < -0.3 is 4.74 Å². The minimum Gasteiger partial charge on any atom is -0.494 e. The van der Waals surface area contributed by atoms with Crippen molar-refractivity contribution in [3.05, 3.63) is 64.8 Å². The number of para-hydroxylation sites is 1. The number of methoxy groups -OCH3 is 1. The third-order valence-corrected chi connectivity index (χ3v) is 3.05. The summed E-state index contributed by atoms with van der Waals surface area (Å²) in [5.41, 5.74) is 0.721. The lowest BCUT2D eigenvalue weighted by atomic mass is 10.2. The van der Waals surface area contributed by atoms with Gasteiger partial charge in [-0.2, -0.15) is 4.98 Å². The van der Waals surface area contributed by atoms with Crippen LogP contribution < -0.4 is 10.4 Å². The number of hydrogen-bond donors (Lipinski definition) is 1. The Labute approximate surface area is 119 Å². The van der Waals surface area contributed by atoms with E-state index in [1.165, 1.54) is 23.9 Å². The number of hydrogen-bond acceptors (Lipinski definition) is 3. The number of halogens is 1. The Morgan fingerprint density at radius 1 is 1.19 bits per heavy atom. The molecule has 0 bridgehead atoms. The monoisotopic (exact) mass is 285 g/mol. The zero-order valence-electron chi connectivity index (χ0n) is 11.2. The van der Waals surface area contributed by atoms with Crippen LogP contribution in [0.4, 0.5) is 4.39 Å². The van der Waals surface area contributed by atoms with Crippen molar-refractivity contribution < 1.29 is 9.13 Å². The second-order valence-corrected chi connectivity index (χ2v) is 4.37. The normalized spacial score (nSPS) is 10.6. The molecule has 3 rings (SSSR count). The van der Waals surface area contributed by atoms with Crippen molar-refractivity contribution in [2.75, 3.05) is 7.11 Å². The molecule has 0 amide bonds. The van der Waals surface area contributed by atoms with Crippen molar-refractivity contribution in [3.63, 3.8) is 0 Å². The number of aromatic nitrogens is 3. The largest absolute Gasteiger partial charge is 0.494 e. The highest BCUT2D eigenvalue weighted by Crippen LogP contribution is 2.24. The van der Waals surface area contributed by atoms with E-state index in [9.17, 15) is 9.18 Å². The SMILES string of the molecule is COc1ccc(-c2nc(=O)[nH]n2-c2ccccc2)cc1F. The Kier molecular flexibility index (Phi) is 3.27. The Balaban J connectivity index is 2.15. The number of nitrogens with zero attached hydrogens (tertiary/aromatic N) is 2. The fourth-order valence-corrected chi connectivity index (χ4v) is 2.08. The number of nitrogens with one attached hydrogen (secondary N) is 1. The lowest BCUT2D eigenvalue weighted by Crippen LogP contribution is -2.05. The van der Waals surface area contributed by atoms with Crippen LogP contribution >= 0.6 is 0 Å². The summed E-state index contributed by atoms with van der Waals surface area (Å²) in [6.07, 6.45) is 0. The molecule has 3 aromatic rings. The molecule has 5 nitrogen and oxygen atoms in total. The van der Waals surface area contributed by atoms with Gasteiger partial charge >= 0.3 is 5.69 Å². The Hall–Kier alpha value is -2.89. The van der Waals surface area contributed by atoms with E-state index in [0.29, 0.717) is 11.4 Å². The van der Waals surface area contributed by atoms with Gasteiger partial charge in [-0.3, -0.25) is 0 Å². The van der Waals surface area contributed by atoms with Crippen LogP contribution in [-0.2, 0) is 0 Å². The quantitative estimate of drug-likeness (QED) is 0.803. The molecule has 106 valence electrons. The summed E-state index contributed by atoms with van der Waals surface area (Å²) in [5.74, 6) is -0.0271. The van der Waals surface area contributed by atoms with E-state index in [2.05, 4.69) is 10.1 Å². The zero-order valence-corrected chi connectivity index (χ0v) is 11.2. The molecule has 2 aromatic carbocycles. The average molecular weight is 285 g/mol. The molecule has 0 aliphatic rings. The highest BCUT2D eigenvalue weighted by Gasteiger charge is 2.13. The molecule has 6 heteroatoms. The van der Waals surface area contributed by atoms with Crippen LogP contribution in [0.1, 0.15) is 0 Å². The van der Waals surface area contributed by atoms with Crippen LogP contribution in [0.25, 0.3) is 17.1 Å². The molecule has 1 heterocycles. The first-order chi connectivity index (χ1) is 10.2. The van der Waals surface area contributed by atoms with Crippen molar-refractivity contribution in [2.24, 2.45) is 0 Å². The maximum absolute atomic E-state index is 13.8. The van der Waals surface area contributed by atoms with Gasteiger partial charge in [-0.25, -0.2) is 19.0 Å². The van der Waals surface area contributed by atoms with Crippen LogP contribution in [0, 0.1) is 5.82 Å². The molecule has 0 fully saturated rings. The number of H-pyrrole nitrogens is 1. The third-order valence-electron chi connectivity index (χ3n) is 3.05. The first-order valence-corrected chi connectivity index (χ1v) is 6.27. The van der Waals surface area contributed by atoms with Crippen LogP contribution in [0.2, 0.25) is 0 Å². The molecule has 1 aromatic heterocycles. The van der Waals surface area contributed by atoms with Crippen LogP contribution in [0.15, 0.2) is 53.3 Å². The number of rotatable bonds is 3. The molecule has 0 unspecified atom stereocenters. The van der Waals surface area contributed by atoms with Gasteiger partial charge in [0.15, 0.2) is 17.4 Å². The van der Waals surface area contributed by atoms with E-state index in [1.54, 1.807) is 6.07 Å². The highest BCUT2D eigenvalue weighted by molar-refractivity contribution is 5.59. The molecule has 1 N–H and O–H groups in total. The van der Waals surface area contributed by atoms with E-state index < -0.39 is 11.5 Å². The van der Waals surface area contributed by atoms with Crippen molar-refractivity contribution in [3.8, 4) is 22.8 Å². The molecule has 0 aliphatic carbocycles. The number of aromatic amines is 1. The molecule has 0 saturated heterocycles. The first-order valence-electron chi connectivity index (χ1n) is 6.27. The molecule has 21 heavy (non-hydrogen) atoms. The van der Waals surface area contributed by atoms with Gasteiger partial charge in [0, 0.05) is 5.56 Å².